The summed E-state index contributed by atoms with van der Waals surface area (Å²) in [5, 5.41) is 1.04. The maximum Gasteiger partial charge on any atom is 0.0833 e. The zero-order chi connectivity index (χ0) is 14.6. The Morgan fingerprint density at radius 2 is 2.00 bits per heavy atom. The Morgan fingerprint density at radius 1 is 1.37 bits per heavy atom. The molecule has 0 N–H and O–H groups in total. The number of hydrogen-bond acceptors (Lipinski definition) is 1. The van der Waals surface area contributed by atoms with Crippen LogP contribution in [0.15, 0.2) is 22.7 Å². The van der Waals surface area contributed by atoms with Crippen LogP contribution in [0, 0.1) is 0 Å². The van der Waals surface area contributed by atoms with E-state index in [-0.39, 0.29) is 19.9 Å². The molecule has 1 rings (SSSR count). The predicted octanol–water partition coefficient (Wildman–Crippen LogP) is 6.10. The first-order valence-corrected chi connectivity index (χ1v) is 10.3. The lowest BCUT2D eigenvalue weighted by atomic mass is 10.1. The van der Waals surface area contributed by atoms with E-state index in [2.05, 4.69) is 49.8 Å². The van der Waals surface area contributed by atoms with Crippen LogP contribution in [0.2, 0.25) is 23.2 Å². The summed E-state index contributed by atoms with van der Waals surface area (Å²) >= 11 is 9.68. The Morgan fingerprint density at radius 3 is 2.53 bits per heavy atom. The van der Waals surface area contributed by atoms with Gasteiger partial charge in [-0.05, 0) is 35.2 Å². The lowest BCUT2D eigenvalue weighted by molar-refractivity contribution is 0.0350. The van der Waals surface area contributed by atoms with Gasteiger partial charge in [0.25, 0.3) is 0 Å². The quantitative estimate of drug-likeness (QED) is 0.555. The summed E-state index contributed by atoms with van der Waals surface area (Å²) in [6.45, 7) is 12.2. The summed E-state index contributed by atoms with van der Waals surface area (Å²) in [4.78, 5) is 0. The highest BCUT2D eigenvalue weighted by molar-refractivity contribution is 9.10. The lowest BCUT2D eigenvalue weighted by Crippen LogP contribution is -2.27. The minimum atomic E-state index is -0.377. The molecule has 0 aromatic heterocycles. The third-order valence-corrected chi connectivity index (χ3v) is 7.48. The van der Waals surface area contributed by atoms with Gasteiger partial charge in [-0.15, -0.1) is 0 Å². The summed E-state index contributed by atoms with van der Waals surface area (Å²) < 4.78 is 7.25. The maximum absolute atomic E-state index is 6.18. The van der Waals surface area contributed by atoms with Crippen molar-refractivity contribution in [3.05, 3.63) is 33.3 Å². The largest absolute Gasteiger partial charge is 0.373 e. The Bertz CT molecular complexity index is 421. The molecule has 1 aromatic carbocycles. The fourth-order valence-corrected chi connectivity index (χ4v) is 2.70. The molecule has 1 aromatic rings. The van der Waals surface area contributed by atoms with E-state index < -0.39 is 0 Å². The molecule has 1 radical (unpaired) electrons. The molecule has 0 fully saturated rings. The third kappa shape index (κ3) is 4.89. The standard InChI is InChI=1S/C15H23BrClOSi/c1-6-14(18-10-15(2,3)19(4)5)12-9-11(17)7-8-13(12)16/h7-9,14H,6,10H2,1-5H3. The fourth-order valence-electron chi connectivity index (χ4n) is 1.64. The van der Waals surface area contributed by atoms with Crippen molar-refractivity contribution in [2.45, 2.75) is 51.4 Å². The van der Waals surface area contributed by atoms with Crippen LogP contribution in [0.25, 0.3) is 0 Å². The van der Waals surface area contributed by atoms with Gasteiger partial charge in [0.1, 0.15) is 0 Å². The highest BCUT2D eigenvalue weighted by atomic mass is 79.9. The average Bonchev–Trinajstić information content (AvgIpc) is 2.33. The minimum Gasteiger partial charge on any atom is -0.373 e. The molecule has 4 heteroatoms. The average molecular weight is 363 g/mol. The molecular weight excluding hydrogens is 340 g/mol. The van der Waals surface area contributed by atoms with Gasteiger partial charge in [0.2, 0.25) is 0 Å². The molecular formula is C15H23BrClOSi. The first-order chi connectivity index (χ1) is 8.77. The van der Waals surface area contributed by atoms with E-state index in [0.29, 0.717) is 0 Å². The number of halogens is 2. The van der Waals surface area contributed by atoms with E-state index >= 15 is 0 Å². The van der Waals surface area contributed by atoms with Crippen molar-refractivity contribution < 1.29 is 4.74 Å². The van der Waals surface area contributed by atoms with Gasteiger partial charge in [0.15, 0.2) is 0 Å². The highest BCUT2D eigenvalue weighted by Gasteiger charge is 2.26. The SMILES string of the molecule is CCC(OCC(C)(C)[Si](C)C)c1cc(Cl)ccc1Br. The van der Waals surface area contributed by atoms with E-state index in [4.69, 9.17) is 16.3 Å². The molecule has 0 amide bonds. The second kappa shape index (κ2) is 7.25. The van der Waals surface area contributed by atoms with Gasteiger partial charge in [-0.25, -0.2) is 0 Å². The summed E-state index contributed by atoms with van der Waals surface area (Å²) in [6, 6.07) is 5.88. The van der Waals surface area contributed by atoms with Gasteiger partial charge >= 0.3 is 0 Å². The molecule has 107 valence electrons. The van der Waals surface area contributed by atoms with Crippen LogP contribution in [-0.4, -0.2) is 15.4 Å². The predicted molar refractivity (Wildman–Crippen MR) is 89.7 cm³/mol. The smallest absolute Gasteiger partial charge is 0.0833 e. The molecule has 0 bridgehead atoms. The Kier molecular flexibility index (Phi) is 6.57. The number of rotatable bonds is 6. The summed E-state index contributed by atoms with van der Waals surface area (Å²) in [6.07, 6.45) is 1.05. The zero-order valence-corrected chi connectivity index (χ0v) is 15.7. The molecule has 1 nitrogen and oxygen atoms in total. The van der Waals surface area contributed by atoms with Crippen LogP contribution in [0.4, 0.5) is 0 Å². The van der Waals surface area contributed by atoms with E-state index in [1.807, 2.05) is 18.2 Å². The van der Waals surface area contributed by atoms with Crippen LogP contribution < -0.4 is 0 Å². The van der Waals surface area contributed by atoms with E-state index in [1.54, 1.807) is 0 Å². The summed E-state index contributed by atoms with van der Waals surface area (Å²) in [7, 11) is -0.377. The topological polar surface area (TPSA) is 9.23 Å². The van der Waals surface area contributed by atoms with Crippen molar-refractivity contribution in [1.29, 1.82) is 0 Å². The Labute approximate surface area is 132 Å². The summed E-state index contributed by atoms with van der Waals surface area (Å²) in [5.74, 6) is 0. The summed E-state index contributed by atoms with van der Waals surface area (Å²) in [5.41, 5.74) is 1.15. The fraction of sp³-hybridized carbons (Fsp3) is 0.600. The molecule has 0 aliphatic heterocycles. The van der Waals surface area contributed by atoms with Crippen LogP contribution in [0.3, 0.4) is 0 Å². The second-order valence-corrected chi connectivity index (χ2v) is 10.4. The van der Waals surface area contributed by atoms with E-state index in [9.17, 15) is 0 Å². The first kappa shape index (κ1) is 17.2. The number of ether oxygens (including phenoxy) is 1. The van der Waals surface area contributed by atoms with Gasteiger partial charge < -0.3 is 4.74 Å². The zero-order valence-electron chi connectivity index (χ0n) is 12.4. The van der Waals surface area contributed by atoms with Gasteiger partial charge in [0.05, 0.1) is 14.9 Å². The molecule has 0 saturated carbocycles. The molecule has 0 spiro atoms. The first-order valence-electron chi connectivity index (χ1n) is 6.65. The minimum absolute atomic E-state index is 0.105. The monoisotopic (exact) mass is 361 g/mol. The Balaban J connectivity index is 2.82. The van der Waals surface area contributed by atoms with Crippen molar-refractivity contribution >= 4 is 36.3 Å². The van der Waals surface area contributed by atoms with E-state index in [1.165, 1.54) is 0 Å². The van der Waals surface area contributed by atoms with Crippen LogP contribution >= 0.6 is 27.5 Å². The maximum atomic E-state index is 6.18. The molecule has 0 aliphatic rings. The van der Waals surface area contributed by atoms with E-state index in [0.717, 1.165) is 28.1 Å². The molecule has 0 aliphatic carbocycles. The van der Waals surface area contributed by atoms with Gasteiger partial charge in [-0.3, -0.25) is 0 Å². The number of benzene rings is 1. The molecule has 0 heterocycles. The van der Waals surface area contributed by atoms with Gasteiger partial charge in [-0.2, -0.15) is 0 Å². The van der Waals surface area contributed by atoms with Gasteiger partial charge in [0, 0.05) is 16.1 Å². The molecule has 19 heavy (non-hydrogen) atoms. The Hall–Kier alpha value is 0.167. The molecule has 1 atom stereocenters. The van der Waals surface area contributed by atoms with Crippen molar-refractivity contribution in [3.8, 4) is 0 Å². The molecule has 1 unspecified atom stereocenters. The molecule has 0 saturated heterocycles. The van der Waals surface area contributed by atoms with Crippen molar-refractivity contribution in [2.75, 3.05) is 6.61 Å². The number of hydrogen-bond donors (Lipinski definition) is 0. The highest BCUT2D eigenvalue weighted by Crippen LogP contribution is 2.35. The van der Waals surface area contributed by atoms with Crippen molar-refractivity contribution in [3.63, 3.8) is 0 Å². The lowest BCUT2D eigenvalue weighted by Gasteiger charge is -2.30. The van der Waals surface area contributed by atoms with Crippen LogP contribution in [-0.2, 0) is 4.74 Å². The normalized spacial score (nSPS) is 13.9. The second-order valence-electron chi connectivity index (χ2n) is 5.76. The van der Waals surface area contributed by atoms with Crippen LogP contribution in [0.5, 0.6) is 0 Å². The van der Waals surface area contributed by atoms with Gasteiger partial charge in [-0.1, -0.05) is 61.4 Å². The van der Waals surface area contributed by atoms with Crippen molar-refractivity contribution in [1.82, 2.24) is 0 Å². The van der Waals surface area contributed by atoms with Crippen molar-refractivity contribution in [2.24, 2.45) is 0 Å². The third-order valence-electron chi connectivity index (χ3n) is 3.67. The van der Waals surface area contributed by atoms with Crippen LogP contribution in [0.1, 0.15) is 38.9 Å².